The number of amides is 2. The molecule has 2 amide bonds. The largest absolute Gasteiger partial charge is 0.493 e. The first kappa shape index (κ1) is 24.5. The lowest BCUT2D eigenvalue weighted by atomic mass is 10.1. The second-order valence-electron chi connectivity index (χ2n) is 8.89. The molecule has 3 aromatic carbocycles. The van der Waals surface area contributed by atoms with Gasteiger partial charge in [-0.15, -0.1) is 0 Å². The van der Waals surface area contributed by atoms with Crippen molar-refractivity contribution >= 4 is 17.5 Å². The maximum Gasteiger partial charge on any atom is 0.249 e. The van der Waals surface area contributed by atoms with Crippen molar-refractivity contribution in [2.45, 2.75) is 44.8 Å². The van der Waals surface area contributed by atoms with Gasteiger partial charge < -0.3 is 20.3 Å². The van der Waals surface area contributed by atoms with E-state index < -0.39 is 6.04 Å². The molecule has 0 aliphatic carbocycles. The first-order valence-corrected chi connectivity index (χ1v) is 12.2. The van der Waals surface area contributed by atoms with Gasteiger partial charge in [0.15, 0.2) is 0 Å². The van der Waals surface area contributed by atoms with E-state index in [9.17, 15) is 9.59 Å². The maximum absolute atomic E-state index is 13.7. The Bertz CT molecular complexity index is 1130. The number of anilines is 1. The molecule has 1 heterocycles. The number of carbonyl (C=O) groups is 2. The fourth-order valence-corrected chi connectivity index (χ4v) is 4.25. The van der Waals surface area contributed by atoms with Crippen LogP contribution in [0.25, 0.3) is 0 Å². The Balaban J connectivity index is 1.57. The van der Waals surface area contributed by atoms with Crippen LogP contribution in [0.3, 0.4) is 0 Å². The smallest absolute Gasteiger partial charge is 0.249 e. The van der Waals surface area contributed by atoms with Crippen molar-refractivity contribution in [3.63, 3.8) is 0 Å². The highest BCUT2D eigenvalue weighted by Crippen LogP contribution is 2.32. The molecule has 2 N–H and O–H groups in total. The van der Waals surface area contributed by atoms with Crippen molar-refractivity contribution in [1.82, 2.24) is 10.6 Å². The fourth-order valence-electron chi connectivity index (χ4n) is 4.25. The third-order valence-corrected chi connectivity index (χ3v) is 6.44. The van der Waals surface area contributed by atoms with Crippen LogP contribution in [0.15, 0.2) is 78.9 Å². The Morgan fingerprint density at radius 2 is 1.71 bits per heavy atom. The first-order chi connectivity index (χ1) is 17.0. The molecule has 182 valence electrons. The summed E-state index contributed by atoms with van der Waals surface area (Å²) in [6.45, 7) is 2.76. The van der Waals surface area contributed by atoms with E-state index in [2.05, 4.69) is 22.8 Å². The standard InChI is InChI=1S/C29H33N3O3/c1-21(30-2)28(33)31-26-16-14-24-13-15-25(35-18-17-22-9-5-3-6-10-22)19-27(24)32(29(26)34)20-23-11-7-4-8-12-23/h3-13,15,19,21,26,30H,14,16-18,20H2,1-2H3,(H,31,33)/t21-,26?/m0/s1. The van der Waals surface area contributed by atoms with Gasteiger partial charge in [0.05, 0.1) is 24.9 Å². The van der Waals surface area contributed by atoms with E-state index in [1.165, 1.54) is 5.56 Å². The summed E-state index contributed by atoms with van der Waals surface area (Å²) < 4.78 is 6.07. The van der Waals surface area contributed by atoms with E-state index in [1.807, 2.05) is 66.7 Å². The van der Waals surface area contributed by atoms with E-state index in [4.69, 9.17) is 4.74 Å². The number of fused-ring (bicyclic) bond motifs is 1. The minimum Gasteiger partial charge on any atom is -0.493 e. The van der Waals surface area contributed by atoms with Gasteiger partial charge in [0.2, 0.25) is 11.8 Å². The van der Waals surface area contributed by atoms with Crippen LogP contribution in [0.5, 0.6) is 5.75 Å². The summed E-state index contributed by atoms with van der Waals surface area (Å²) in [6.07, 6.45) is 2.05. The summed E-state index contributed by atoms with van der Waals surface area (Å²) in [7, 11) is 1.73. The third kappa shape index (κ3) is 6.28. The van der Waals surface area contributed by atoms with Crippen molar-refractivity contribution in [2.75, 3.05) is 18.6 Å². The lowest BCUT2D eigenvalue weighted by Gasteiger charge is -2.27. The lowest BCUT2D eigenvalue weighted by molar-refractivity contribution is -0.128. The number of benzene rings is 3. The third-order valence-electron chi connectivity index (χ3n) is 6.44. The summed E-state index contributed by atoms with van der Waals surface area (Å²) in [4.78, 5) is 28.1. The Hall–Kier alpha value is -3.64. The van der Waals surface area contributed by atoms with E-state index >= 15 is 0 Å². The van der Waals surface area contributed by atoms with Gasteiger partial charge in [0, 0.05) is 12.5 Å². The quantitative estimate of drug-likeness (QED) is 0.497. The van der Waals surface area contributed by atoms with E-state index in [0.29, 0.717) is 26.0 Å². The molecule has 0 radical (unpaired) electrons. The molecular weight excluding hydrogens is 438 g/mol. The number of likely N-dealkylation sites (N-methyl/N-ethyl adjacent to an activating group) is 1. The van der Waals surface area contributed by atoms with Crippen LogP contribution in [0, 0.1) is 0 Å². The zero-order chi connectivity index (χ0) is 24.6. The average Bonchev–Trinajstić information content (AvgIpc) is 3.01. The van der Waals surface area contributed by atoms with Crippen molar-refractivity contribution in [3.05, 3.63) is 95.6 Å². The molecule has 0 saturated heterocycles. The second-order valence-corrected chi connectivity index (χ2v) is 8.89. The van der Waals surface area contributed by atoms with Gasteiger partial charge in [-0.1, -0.05) is 66.7 Å². The number of nitrogens with zero attached hydrogens (tertiary/aromatic N) is 1. The molecule has 2 atom stereocenters. The Morgan fingerprint density at radius 3 is 2.40 bits per heavy atom. The molecular formula is C29H33N3O3. The highest BCUT2D eigenvalue weighted by molar-refractivity contribution is 6.01. The van der Waals surface area contributed by atoms with Crippen molar-refractivity contribution in [2.24, 2.45) is 0 Å². The highest BCUT2D eigenvalue weighted by atomic mass is 16.5. The Morgan fingerprint density at radius 1 is 1.03 bits per heavy atom. The van der Waals surface area contributed by atoms with E-state index in [0.717, 1.165) is 29.0 Å². The Kier molecular flexibility index (Phi) is 8.16. The van der Waals surface area contributed by atoms with Crippen LogP contribution in [0.4, 0.5) is 5.69 Å². The summed E-state index contributed by atoms with van der Waals surface area (Å²) in [5.74, 6) is 0.448. The zero-order valence-electron chi connectivity index (χ0n) is 20.4. The first-order valence-electron chi connectivity index (χ1n) is 12.2. The molecule has 6 heteroatoms. The maximum atomic E-state index is 13.7. The minimum absolute atomic E-state index is 0.106. The zero-order valence-corrected chi connectivity index (χ0v) is 20.4. The van der Waals surface area contributed by atoms with Crippen molar-refractivity contribution in [3.8, 4) is 5.75 Å². The van der Waals surface area contributed by atoms with Crippen LogP contribution in [-0.2, 0) is 29.0 Å². The molecule has 1 aliphatic heterocycles. The van der Waals surface area contributed by atoms with Gasteiger partial charge in [0.1, 0.15) is 11.8 Å². The molecule has 6 nitrogen and oxygen atoms in total. The fraction of sp³-hybridized carbons (Fsp3) is 0.310. The molecule has 0 saturated carbocycles. The second kappa shape index (κ2) is 11.7. The number of ether oxygens (including phenoxy) is 1. The summed E-state index contributed by atoms with van der Waals surface area (Å²) in [5, 5.41) is 5.89. The molecule has 1 aliphatic rings. The van der Waals surface area contributed by atoms with Crippen molar-refractivity contribution < 1.29 is 14.3 Å². The van der Waals surface area contributed by atoms with Crippen LogP contribution < -0.4 is 20.3 Å². The topological polar surface area (TPSA) is 70.7 Å². The van der Waals surface area contributed by atoms with Gasteiger partial charge in [-0.3, -0.25) is 9.59 Å². The predicted octanol–water partition coefficient (Wildman–Crippen LogP) is 3.88. The number of hydrogen-bond acceptors (Lipinski definition) is 4. The molecule has 4 rings (SSSR count). The van der Waals surface area contributed by atoms with Crippen LogP contribution in [-0.4, -0.2) is 37.6 Å². The molecule has 1 unspecified atom stereocenters. The molecule has 3 aromatic rings. The van der Waals surface area contributed by atoms with E-state index in [-0.39, 0.29) is 17.9 Å². The predicted molar refractivity (Wildman–Crippen MR) is 138 cm³/mol. The van der Waals surface area contributed by atoms with Crippen LogP contribution >= 0.6 is 0 Å². The number of carbonyl (C=O) groups excluding carboxylic acids is 2. The monoisotopic (exact) mass is 471 g/mol. The highest BCUT2D eigenvalue weighted by Gasteiger charge is 2.32. The van der Waals surface area contributed by atoms with Gasteiger partial charge >= 0.3 is 0 Å². The molecule has 35 heavy (non-hydrogen) atoms. The number of rotatable bonds is 9. The average molecular weight is 472 g/mol. The Labute approximate surface area is 207 Å². The summed E-state index contributed by atoms with van der Waals surface area (Å²) >= 11 is 0. The van der Waals surface area contributed by atoms with Gasteiger partial charge in [-0.2, -0.15) is 0 Å². The summed E-state index contributed by atoms with van der Waals surface area (Å²) in [5.41, 5.74) is 4.16. The number of aryl methyl sites for hydroxylation is 1. The number of nitrogens with one attached hydrogen (secondary N) is 2. The molecule has 0 spiro atoms. The van der Waals surface area contributed by atoms with Crippen LogP contribution in [0.2, 0.25) is 0 Å². The SMILES string of the molecule is CN[C@@H](C)C(=O)NC1CCc2ccc(OCCc3ccccc3)cc2N(Cc2ccccc2)C1=O. The molecule has 0 bridgehead atoms. The summed E-state index contributed by atoms with van der Waals surface area (Å²) in [6, 6.07) is 25.2. The number of hydrogen-bond donors (Lipinski definition) is 2. The van der Waals surface area contributed by atoms with Crippen molar-refractivity contribution in [1.29, 1.82) is 0 Å². The van der Waals surface area contributed by atoms with Gasteiger partial charge in [0.25, 0.3) is 0 Å². The van der Waals surface area contributed by atoms with Gasteiger partial charge in [-0.25, -0.2) is 0 Å². The van der Waals surface area contributed by atoms with Gasteiger partial charge in [-0.05, 0) is 49.6 Å². The molecule has 0 aromatic heterocycles. The van der Waals surface area contributed by atoms with E-state index in [1.54, 1.807) is 18.9 Å². The van der Waals surface area contributed by atoms with Crippen LogP contribution in [0.1, 0.15) is 30.0 Å². The normalized spacial score (nSPS) is 16.2. The lowest BCUT2D eigenvalue weighted by Crippen LogP contribution is -2.52. The molecule has 0 fully saturated rings. The minimum atomic E-state index is -0.586.